The van der Waals surface area contributed by atoms with Gasteiger partial charge in [0, 0.05) is 26.2 Å². The molecule has 0 bridgehead atoms. The molecule has 3 rings (SSSR count). The van der Waals surface area contributed by atoms with Crippen molar-refractivity contribution in [2.75, 3.05) is 32.8 Å². The Labute approximate surface area is 169 Å². The zero-order chi connectivity index (χ0) is 21.0. The molecule has 0 atom stereocenters. The standard InChI is InChI=1S/C20H22N2O6S/c1-15-6-5-9-17(19(15)24)20(25)28-14-18(23)21-10-12-22(13-11-21)29(26,27)16-7-3-2-4-8-16/h2-9,24H,10-14H2,1H3. The summed E-state index contributed by atoms with van der Waals surface area (Å²) >= 11 is 0. The Kier molecular flexibility index (Phi) is 6.19. The topological polar surface area (TPSA) is 104 Å². The maximum absolute atomic E-state index is 12.6. The van der Waals surface area contributed by atoms with Gasteiger partial charge >= 0.3 is 5.97 Å². The van der Waals surface area contributed by atoms with Crippen molar-refractivity contribution in [3.05, 3.63) is 59.7 Å². The van der Waals surface area contributed by atoms with Gasteiger partial charge in [0.15, 0.2) is 6.61 Å². The molecule has 0 radical (unpaired) electrons. The van der Waals surface area contributed by atoms with Crippen molar-refractivity contribution in [3.8, 4) is 5.75 Å². The number of phenolic OH excluding ortho intramolecular Hbond substituents is 1. The maximum atomic E-state index is 12.6. The van der Waals surface area contributed by atoms with E-state index in [9.17, 15) is 23.1 Å². The monoisotopic (exact) mass is 418 g/mol. The smallest absolute Gasteiger partial charge is 0.342 e. The summed E-state index contributed by atoms with van der Waals surface area (Å²) in [6.07, 6.45) is 0. The molecule has 1 N–H and O–H groups in total. The van der Waals surface area contributed by atoms with Gasteiger partial charge in [-0.25, -0.2) is 13.2 Å². The molecule has 0 unspecified atom stereocenters. The number of piperazine rings is 1. The summed E-state index contributed by atoms with van der Waals surface area (Å²) < 4.78 is 31.6. The first-order valence-corrected chi connectivity index (χ1v) is 10.5. The highest BCUT2D eigenvalue weighted by Crippen LogP contribution is 2.22. The average Bonchev–Trinajstić information content (AvgIpc) is 2.74. The van der Waals surface area contributed by atoms with Crippen molar-refractivity contribution in [1.82, 2.24) is 9.21 Å². The van der Waals surface area contributed by atoms with E-state index in [1.807, 2.05) is 0 Å². The first-order chi connectivity index (χ1) is 13.8. The van der Waals surface area contributed by atoms with Crippen LogP contribution in [0.1, 0.15) is 15.9 Å². The number of benzene rings is 2. The third-order valence-electron chi connectivity index (χ3n) is 4.76. The lowest BCUT2D eigenvalue weighted by molar-refractivity contribution is -0.135. The van der Waals surface area contributed by atoms with Gasteiger partial charge in [-0.05, 0) is 30.7 Å². The van der Waals surface area contributed by atoms with E-state index >= 15 is 0 Å². The van der Waals surface area contributed by atoms with Gasteiger partial charge in [0.2, 0.25) is 10.0 Å². The second-order valence-electron chi connectivity index (χ2n) is 6.65. The molecular weight excluding hydrogens is 396 g/mol. The van der Waals surface area contributed by atoms with Gasteiger partial charge in [-0.2, -0.15) is 4.31 Å². The zero-order valence-corrected chi connectivity index (χ0v) is 16.8. The number of carbonyl (C=O) groups excluding carboxylic acids is 2. The second-order valence-corrected chi connectivity index (χ2v) is 8.58. The van der Waals surface area contributed by atoms with E-state index in [0.717, 1.165) is 0 Å². The average molecular weight is 418 g/mol. The summed E-state index contributed by atoms with van der Waals surface area (Å²) in [5, 5.41) is 9.92. The zero-order valence-electron chi connectivity index (χ0n) is 15.9. The molecule has 0 saturated carbocycles. The highest BCUT2D eigenvalue weighted by Gasteiger charge is 2.30. The number of hydrogen-bond acceptors (Lipinski definition) is 6. The molecule has 1 aliphatic rings. The highest BCUT2D eigenvalue weighted by atomic mass is 32.2. The Bertz CT molecular complexity index is 999. The van der Waals surface area contributed by atoms with Gasteiger partial charge in [0.25, 0.3) is 5.91 Å². The molecule has 1 heterocycles. The summed E-state index contributed by atoms with van der Waals surface area (Å²) in [4.78, 5) is 26.1. The number of para-hydroxylation sites is 1. The van der Waals surface area contributed by atoms with Crippen LogP contribution in [-0.2, 0) is 19.6 Å². The van der Waals surface area contributed by atoms with Gasteiger partial charge in [-0.1, -0.05) is 30.3 Å². The molecule has 0 spiro atoms. The molecule has 1 fully saturated rings. The van der Waals surface area contributed by atoms with Gasteiger partial charge in [-0.15, -0.1) is 0 Å². The number of rotatable bonds is 5. The fourth-order valence-corrected chi connectivity index (χ4v) is 4.48. The van der Waals surface area contributed by atoms with Gasteiger partial charge in [0.1, 0.15) is 11.3 Å². The number of nitrogens with zero attached hydrogens (tertiary/aromatic N) is 2. The van der Waals surface area contributed by atoms with Gasteiger partial charge in [0.05, 0.1) is 4.90 Å². The van der Waals surface area contributed by atoms with Crippen molar-refractivity contribution in [2.24, 2.45) is 0 Å². The molecule has 9 heteroatoms. The van der Waals surface area contributed by atoms with Crippen molar-refractivity contribution in [1.29, 1.82) is 0 Å². The number of amides is 1. The Hall–Kier alpha value is -2.91. The van der Waals surface area contributed by atoms with E-state index in [1.54, 1.807) is 37.3 Å². The molecule has 0 aliphatic carbocycles. The summed E-state index contributed by atoms with van der Waals surface area (Å²) in [6, 6.07) is 12.8. The Morgan fingerprint density at radius 3 is 2.31 bits per heavy atom. The number of esters is 1. The van der Waals surface area contributed by atoms with Crippen LogP contribution in [-0.4, -0.2) is 67.4 Å². The molecule has 1 saturated heterocycles. The normalized spacial score (nSPS) is 15.1. The highest BCUT2D eigenvalue weighted by molar-refractivity contribution is 7.89. The molecule has 2 aromatic carbocycles. The predicted octanol–water partition coefficient (Wildman–Crippen LogP) is 1.39. The number of ether oxygens (including phenoxy) is 1. The number of sulfonamides is 1. The predicted molar refractivity (Wildman–Crippen MR) is 105 cm³/mol. The summed E-state index contributed by atoms with van der Waals surface area (Å²) in [6.45, 7) is 1.92. The fourth-order valence-electron chi connectivity index (χ4n) is 3.04. The summed E-state index contributed by atoms with van der Waals surface area (Å²) in [5.74, 6) is -1.38. The third-order valence-corrected chi connectivity index (χ3v) is 6.67. The lowest BCUT2D eigenvalue weighted by Crippen LogP contribution is -2.51. The Balaban J connectivity index is 1.54. The summed E-state index contributed by atoms with van der Waals surface area (Å²) in [7, 11) is -3.60. The molecule has 1 amide bonds. The third kappa shape index (κ3) is 4.57. The van der Waals surface area contributed by atoms with E-state index in [0.29, 0.717) is 5.56 Å². The van der Waals surface area contributed by atoms with Crippen molar-refractivity contribution in [3.63, 3.8) is 0 Å². The second kappa shape index (κ2) is 8.62. The van der Waals surface area contributed by atoms with E-state index in [2.05, 4.69) is 0 Å². The van der Waals surface area contributed by atoms with Crippen molar-refractivity contribution in [2.45, 2.75) is 11.8 Å². The van der Waals surface area contributed by atoms with Crippen LogP contribution in [0.5, 0.6) is 5.75 Å². The van der Waals surface area contributed by atoms with E-state index in [-0.39, 0.29) is 42.4 Å². The largest absolute Gasteiger partial charge is 0.507 e. The van der Waals surface area contributed by atoms with Crippen LogP contribution in [0.3, 0.4) is 0 Å². The molecule has 1 aliphatic heterocycles. The fraction of sp³-hybridized carbons (Fsp3) is 0.300. The minimum Gasteiger partial charge on any atom is -0.507 e. The first-order valence-electron chi connectivity index (χ1n) is 9.09. The molecular formula is C20H22N2O6S. The molecule has 2 aromatic rings. The van der Waals surface area contributed by atoms with Crippen LogP contribution in [0.2, 0.25) is 0 Å². The number of aryl methyl sites for hydroxylation is 1. The first kappa shape index (κ1) is 20.8. The van der Waals surface area contributed by atoms with Crippen LogP contribution in [0.15, 0.2) is 53.4 Å². The quantitative estimate of drug-likeness (QED) is 0.736. The minimum atomic E-state index is -3.60. The van der Waals surface area contributed by atoms with Gasteiger partial charge < -0.3 is 14.7 Å². The molecule has 154 valence electrons. The molecule has 0 aromatic heterocycles. The lowest BCUT2D eigenvalue weighted by Gasteiger charge is -2.33. The van der Waals surface area contributed by atoms with Crippen LogP contribution < -0.4 is 0 Å². The Morgan fingerprint density at radius 1 is 1.00 bits per heavy atom. The Morgan fingerprint density at radius 2 is 1.66 bits per heavy atom. The molecule has 8 nitrogen and oxygen atoms in total. The van der Waals surface area contributed by atoms with E-state index in [1.165, 1.54) is 27.4 Å². The number of carbonyl (C=O) groups is 2. The van der Waals surface area contributed by atoms with Crippen molar-refractivity contribution < 1.29 is 27.9 Å². The lowest BCUT2D eigenvalue weighted by atomic mass is 10.1. The summed E-state index contributed by atoms with van der Waals surface area (Å²) in [5.41, 5.74) is 0.526. The minimum absolute atomic E-state index is 0.00317. The maximum Gasteiger partial charge on any atom is 0.342 e. The van der Waals surface area contributed by atoms with Gasteiger partial charge in [-0.3, -0.25) is 4.79 Å². The number of aromatic hydroxyl groups is 1. The van der Waals surface area contributed by atoms with Crippen LogP contribution in [0, 0.1) is 6.92 Å². The number of phenols is 1. The van der Waals surface area contributed by atoms with Crippen LogP contribution >= 0.6 is 0 Å². The van der Waals surface area contributed by atoms with E-state index in [4.69, 9.17) is 4.74 Å². The SMILES string of the molecule is Cc1cccc(C(=O)OCC(=O)N2CCN(S(=O)(=O)c3ccccc3)CC2)c1O. The number of hydrogen-bond donors (Lipinski definition) is 1. The molecule has 29 heavy (non-hydrogen) atoms. The van der Waals surface area contributed by atoms with Crippen LogP contribution in [0.25, 0.3) is 0 Å². The van der Waals surface area contributed by atoms with E-state index < -0.39 is 28.5 Å². The van der Waals surface area contributed by atoms with Crippen LogP contribution in [0.4, 0.5) is 0 Å². The van der Waals surface area contributed by atoms with Crippen molar-refractivity contribution >= 4 is 21.9 Å².